The highest BCUT2D eigenvalue weighted by molar-refractivity contribution is 5.94. The number of nitrogens with two attached hydrogens (primary N) is 1. The molecule has 13 nitrogen and oxygen atoms in total. The Morgan fingerprint density at radius 3 is 1.89 bits per heavy atom. The van der Waals surface area contributed by atoms with Crippen LogP contribution in [0.4, 0.5) is 0 Å². The lowest BCUT2D eigenvalue weighted by atomic mass is 10.1. The molecule has 0 saturated heterocycles. The van der Waals surface area contributed by atoms with Gasteiger partial charge < -0.3 is 42.1 Å². The monoisotopic (exact) mass is 392 g/mol. The van der Waals surface area contributed by atoms with Crippen LogP contribution in [-0.2, 0) is 24.0 Å². The molecule has 0 radical (unpaired) electrons. The van der Waals surface area contributed by atoms with E-state index in [1.54, 1.807) is 0 Å². The van der Waals surface area contributed by atoms with Gasteiger partial charge in [-0.05, 0) is 13.8 Å². The molecule has 0 aliphatic heterocycles. The lowest BCUT2D eigenvalue weighted by molar-refractivity contribution is -0.145. The van der Waals surface area contributed by atoms with E-state index in [-0.39, 0.29) is 0 Å². The zero-order valence-electron chi connectivity index (χ0n) is 14.7. The number of hydrogen-bond acceptors (Lipinski definition) is 8. The minimum Gasteiger partial charge on any atom is -0.481 e. The van der Waals surface area contributed by atoms with E-state index in [1.165, 1.54) is 6.92 Å². The molecule has 5 atom stereocenters. The molecule has 0 aromatic heterocycles. The number of carboxylic acid groups (broad SMARTS) is 2. The van der Waals surface area contributed by atoms with Crippen molar-refractivity contribution in [3.05, 3.63) is 0 Å². The van der Waals surface area contributed by atoms with Crippen LogP contribution in [0.2, 0.25) is 0 Å². The van der Waals surface area contributed by atoms with Crippen LogP contribution < -0.4 is 21.7 Å². The summed E-state index contributed by atoms with van der Waals surface area (Å²) >= 11 is 0. The van der Waals surface area contributed by atoms with E-state index in [1.807, 2.05) is 10.6 Å². The fraction of sp³-hybridized carbons (Fsp3) is 0.643. The molecule has 0 bridgehead atoms. The number of carbonyl (C=O) groups is 5. The van der Waals surface area contributed by atoms with Gasteiger partial charge in [-0.15, -0.1) is 0 Å². The molecule has 5 unspecified atom stereocenters. The summed E-state index contributed by atoms with van der Waals surface area (Å²) in [6, 6.07) is -4.66. The average molecular weight is 392 g/mol. The molecule has 13 heteroatoms. The van der Waals surface area contributed by atoms with Gasteiger partial charge in [-0.1, -0.05) is 0 Å². The van der Waals surface area contributed by atoms with Gasteiger partial charge in [-0.25, -0.2) is 4.79 Å². The highest BCUT2D eigenvalue weighted by Crippen LogP contribution is 1.99. The van der Waals surface area contributed by atoms with Crippen LogP contribution in [0.3, 0.4) is 0 Å². The molecule has 0 saturated carbocycles. The second-order valence-electron chi connectivity index (χ2n) is 5.77. The van der Waals surface area contributed by atoms with Crippen molar-refractivity contribution in [2.75, 3.05) is 6.54 Å². The number of carboxylic acids is 2. The molecule has 0 heterocycles. The topological polar surface area (TPSA) is 228 Å². The molecule has 0 aliphatic rings. The number of amides is 3. The largest absolute Gasteiger partial charge is 0.481 e. The zero-order chi connectivity index (χ0) is 21.3. The third kappa shape index (κ3) is 8.94. The highest BCUT2D eigenvalue weighted by atomic mass is 16.4. The first-order valence-electron chi connectivity index (χ1n) is 7.80. The van der Waals surface area contributed by atoms with Crippen LogP contribution in [0.1, 0.15) is 20.3 Å². The molecule has 0 aliphatic carbocycles. The molecule has 0 aromatic rings. The Bertz CT molecular complexity index is 579. The third-order valence-electron chi connectivity index (χ3n) is 3.32. The zero-order valence-corrected chi connectivity index (χ0v) is 14.7. The van der Waals surface area contributed by atoms with E-state index in [9.17, 15) is 34.2 Å². The van der Waals surface area contributed by atoms with E-state index < -0.39 is 73.0 Å². The average Bonchev–Trinajstić information content (AvgIpc) is 2.54. The van der Waals surface area contributed by atoms with Crippen LogP contribution in [0, 0.1) is 0 Å². The minimum absolute atomic E-state index is 0.665. The van der Waals surface area contributed by atoms with Gasteiger partial charge in [0.15, 0.2) is 6.04 Å². The van der Waals surface area contributed by atoms with Crippen molar-refractivity contribution >= 4 is 29.7 Å². The van der Waals surface area contributed by atoms with Crippen molar-refractivity contribution < 1.29 is 44.4 Å². The number of nitrogens with one attached hydrogen (secondary N) is 3. The van der Waals surface area contributed by atoms with Gasteiger partial charge in [0.25, 0.3) is 0 Å². The molecular formula is C14H24N4O9. The molecule has 27 heavy (non-hydrogen) atoms. The fourth-order valence-corrected chi connectivity index (χ4v) is 1.78. The second-order valence-corrected chi connectivity index (χ2v) is 5.77. The molecule has 9 N–H and O–H groups in total. The van der Waals surface area contributed by atoms with E-state index in [2.05, 4.69) is 5.32 Å². The van der Waals surface area contributed by atoms with Gasteiger partial charge in [0.1, 0.15) is 12.1 Å². The fourth-order valence-electron chi connectivity index (χ4n) is 1.78. The maximum absolute atomic E-state index is 12.1. The van der Waals surface area contributed by atoms with E-state index >= 15 is 0 Å². The summed E-state index contributed by atoms with van der Waals surface area (Å²) < 4.78 is 0. The first-order valence-corrected chi connectivity index (χ1v) is 7.80. The van der Waals surface area contributed by atoms with E-state index in [4.69, 9.17) is 15.9 Å². The highest BCUT2D eigenvalue weighted by Gasteiger charge is 2.30. The Morgan fingerprint density at radius 1 is 0.926 bits per heavy atom. The Morgan fingerprint density at radius 2 is 1.48 bits per heavy atom. The number of aliphatic hydroxyl groups is 2. The molecule has 0 rings (SSSR count). The standard InChI is InChI=1S/C14H24N4O9/c1-5(19)10(15)13(25)16-4-8(21)17-7(3-9(22)23)12(24)18-11(6(2)20)14(26)27/h5-7,10-11,19-20H,3-4,15H2,1-2H3,(H,16,25)(H,17,21)(H,18,24)(H,22,23)(H,26,27). The first kappa shape index (κ1) is 24.2. The van der Waals surface area contributed by atoms with Crippen molar-refractivity contribution in [3.8, 4) is 0 Å². The van der Waals surface area contributed by atoms with Gasteiger partial charge in [0.05, 0.1) is 25.2 Å². The Hall–Kier alpha value is -2.77. The summed E-state index contributed by atoms with van der Waals surface area (Å²) in [5.74, 6) is -5.96. The van der Waals surface area contributed by atoms with Crippen molar-refractivity contribution in [1.82, 2.24) is 16.0 Å². The molecule has 3 amide bonds. The second kappa shape index (κ2) is 11.1. The Kier molecular flexibility index (Phi) is 9.92. The summed E-state index contributed by atoms with van der Waals surface area (Å²) in [7, 11) is 0. The number of carbonyl (C=O) groups excluding carboxylic acids is 3. The predicted molar refractivity (Wildman–Crippen MR) is 88.1 cm³/mol. The van der Waals surface area contributed by atoms with Crippen LogP contribution >= 0.6 is 0 Å². The molecule has 154 valence electrons. The third-order valence-corrected chi connectivity index (χ3v) is 3.32. The summed E-state index contributed by atoms with van der Waals surface area (Å²) in [6.45, 7) is 1.70. The van der Waals surface area contributed by atoms with Crippen LogP contribution in [-0.4, -0.2) is 87.0 Å². The van der Waals surface area contributed by atoms with Gasteiger partial charge in [0, 0.05) is 0 Å². The van der Waals surface area contributed by atoms with Crippen molar-refractivity contribution in [2.45, 2.75) is 50.6 Å². The van der Waals surface area contributed by atoms with Crippen LogP contribution in [0.15, 0.2) is 0 Å². The molecule has 0 fully saturated rings. The lowest BCUT2D eigenvalue weighted by Crippen LogP contribution is -2.56. The SMILES string of the molecule is CC(O)C(N)C(=O)NCC(=O)NC(CC(=O)O)C(=O)NC(C(=O)O)C(C)O. The number of hydrogen-bond donors (Lipinski definition) is 8. The maximum Gasteiger partial charge on any atom is 0.328 e. The minimum atomic E-state index is -1.71. The van der Waals surface area contributed by atoms with Crippen molar-refractivity contribution in [3.63, 3.8) is 0 Å². The molecular weight excluding hydrogens is 368 g/mol. The lowest BCUT2D eigenvalue weighted by Gasteiger charge is -2.22. The molecule has 0 aromatic carbocycles. The normalized spacial score (nSPS) is 16.2. The maximum atomic E-state index is 12.1. The summed E-state index contributed by atoms with van der Waals surface area (Å²) in [5, 5.41) is 42.3. The Labute approximate surface area is 153 Å². The van der Waals surface area contributed by atoms with Crippen LogP contribution in [0.25, 0.3) is 0 Å². The van der Waals surface area contributed by atoms with Gasteiger partial charge in [0.2, 0.25) is 17.7 Å². The quantitative estimate of drug-likeness (QED) is 0.169. The first-order chi connectivity index (χ1) is 12.4. The number of rotatable bonds is 11. The van der Waals surface area contributed by atoms with E-state index in [0.29, 0.717) is 0 Å². The number of aliphatic hydroxyl groups excluding tert-OH is 2. The van der Waals surface area contributed by atoms with Crippen molar-refractivity contribution in [1.29, 1.82) is 0 Å². The van der Waals surface area contributed by atoms with Gasteiger partial charge in [-0.2, -0.15) is 0 Å². The summed E-state index contributed by atoms with van der Waals surface area (Å²) in [6.07, 6.45) is -3.52. The van der Waals surface area contributed by atoms with Crippen LogP contribution in [0.5, 0.6) is 0 Å². The number of aliphatic carboxylic acids is 2. The predicted octanol–water partition coefficient (Wildman–Crippen LogP) is -4.28. The van der Waals surface area contributed by atoms with Crippen molar-refractivity contribution in [2.24, 2.45) is 5.73 Å². The Balaban J connectivity index is 4.92. The smallest absolute Gasteiger partial charge is 0.328 e. The van der Waals surface area contributed by atoms with Gasteiger partial charge >= 0.3 is 11.9 Å². The summed E-state index contributed by atoms with van der Waals surface area (Å²) in [5.41, 5.74) is 5.36. The van der Waals surface area contributed by atoms with E-state index in [0.717, 1.165) is 6.92 Å². The summed E-state index contributed by atoms with van der Waals surface area (Å²) in [4.78, 5) is 57.3. The molecule has 0 spiro atoms. The van der Waals surface area contributed by atoms with Gasteiger partial charge in [-0.3, -0.25) is 19.2 Å².